The van der Waals surface area contributed by atoms with Crippen molar-refractivity contribution >= 4 is 18.1 Å². The summed E-state index contributed by atoms with van der Waals surface area (Å²) in [5, 5.41) is 11.9. The lowest BCUT2D eigenvalue weighted by Crippen LogP contribution is -2.32. The second-order valence-electron chi connectivity index (χ2n) is 7.17. The Labute approximate surface area is 143 Å². The van der Waals surface area contributed by atoms with Gasteiger partial charge in [-0.1, -0.05) is 36.4 Å². The monoisotopic (exact) mass is 333 g/mol. The first-order valence-electron chi connectivity index (χ1n) is 8.00. The Hall–Kier alpha value is -2.30. The Morgan fingerprint density at radius 1 is 1.12 bits per heavy atom. The van der Waals surface area contributed by atoms with Crippen LogP contribution in [-0.2, 0) is 14.9 Å². The topological polar surface area (TPSA) is 75.6 Å². The smallest absolute Gasteiger partial charge is 0.407 e. The number of carboxylic acids is 1. The van der Waals surface area contributed by atoms with Gasteiger partial charge in [-0.25, -0.2) is 4.79 Å². The van der Waals surface area contributed by atoms with Gasteiger partial charge in [-0.15, -0.1) is 0 Å². The average molecular weight is 333 g/mol. The van der Waals surface area contributed by atoms with Crippen molar-refractivity contribution in [1.82, 2.24) is 5.32 Å². The van der Waals surface area contributed by atoms with E-state index < -0.39 is 23.1 Å². The van der Waals surface area contributed by atoms with Crippen LogP contribution in [0.3, 0.4) is 0 Å². The highest BCUT2D eigenvalue weighted by atomic mass is 16.6. The van der Waals surface area contributed by atoms with E-state index >= 15 is 0 Å². The van der Waals surface area contributed by atoms with Gasteiger partial charge in [0, 0.05) is 6.54 Å². The minimum absolute atomic E-state index is 0.420. The highest BCUT2D eigenvalue weighted by Gasteiger charge is 2.28. The normalized spacial score (nSPS) is 12.2. The summed E-state index contributed by atoms with van der Waals surface area (Å²) in [5.74, 6) is -0.848. The summed E-state index contributed by atoms with van der Waals surface area (Å²) in [6, 6.07) is 7.43. The quantitative estimate of drug-likeness (QED) is 0.772. The molecule has 0 spiro atoms. The molecule has 0 bridgehead atoms. The number of hydrogen-bond acceptors (Lipinski definition) is 3. The third kappa shape index (κ3) is 6.44. The van der Waals surface area contributed by atoms with Crippen LogP contribution in [0.4, 0.5) is 4.79 Å². The lowest BCUT2D eigenvalue weighted by atomic mass is 9.84. The van der Waals surface area contributed by atoms with E-state index in [2.05, 4.69) is 5.32 Å². The molecule has 0 aliphatic carbocycles. The van der Waals surface area contributed by atoms with E-state index in [1.54, 1.807) is 13.8 Å². The number of alkyl carbamates (subject to hydrolysis) is 1. The molecule has 0 aliphatic heterocycles. The molecule has 0 fully saturated rings. The van der Waals surface area contributed by atoms with Gasteiger partial charge in [0.15, 0.2) is 0 Å². The van der Waals surface area contributed by atoms with Crippen LogP contribution >= 0.6 is 0 Å². The standard InChI is InChI=1S/C19H27NO4/c1-18(2,3)24-17(23)20-13-7-6-8-14-9-11-15(12-10-14)19(4,5)16(21)22/h6,8-12H,7,13H2,1-5H3,(H,20,23)(H,21,22). The largest absolute Gasteiger partial charge is 0.481 e. The van der Waals surface area contributed by atoms with E-state index in [4.69, 9.17) is 4.74 Å². The van der Waals surface area contributed by atoms with Gasteiger partial charge in [0.1, 0.15) is 5.60 Å². The number of nitrogens with one attached hydrogen (secondary N) is 1. The van der Waals surface area contributed by atoms with E-state index in [1.807, 2.05) is 57.2 Å². The summed E-state index contributed by atoms with van der Waals surface area (Å²) in [6.07, 6.45) is 4.15. The van der Waals surface area contributed by atoms with Crippen LogP contribution in [0, 0.1) is 0 Å². The molecule has 0 radical (unpaired) electrons. The van der Waals surface area contributed by atoms with Crippen LogP contribution in [-0.4, -0.2) is 29.3 Å². The number of carbonyl (C=O) groups excluding carboxylic acids is 1. The fourth-order valence-corrected chi connectivity index (χ4v) is 1.93. The number of carbonyl (C=O) groups is 2. The van der Waals surface area contributed by atoms with E-state index in [0.717, 1.165) is 11.1 Å². The second kappa shape index (κ2) is 7.99. The lowest BCUT2D eigenvalue weighted by Gasteiger charge is -2.19. The molecule has 5 heteroatoms. The first-order valence-corrected chi connectivity index (χ1v) is 8.00. The van der Waals surface area contributed by atoms with E-state index in [1.165, 1.54) is 0 Å². The summed E-state index contributed by atoms with van der Waals surface area (Å²) >= 11 is 0. The number of aliphatic carboxylic acids is 1. The highest BCUT2D eigenvalue weighted by Crippen LogP contribution is 2.23. The molecule has 0 saturated carbocycles. The van der Waals surface area contributed by atoms with Crippen molar-refractivity contribution in [2.24, 2.45) is 0 Å². The van der Waals surface area contributed by atoms with E-state index in [9.17, 15) is 14.7 Å². The lowest BCUT2D eigenvalue weighted by molar-refractivity contribution is -0.142. The van der Waals surface area contributed by atoms with Crippen molar-refractivity contribution in [1.29, 1.82) is 0 Å². The number of amides is 1. The Morgan fingerprint density at radius 3 is 2.21 bits per heavy atom. The van der Waals surface area contributed by atoms with Gasteiger partial charge < -0.3 is 15.2 Å². The third-order valence-corrected chi connectivity index (χ3v) is 3.46. The summed E-state index contributed by atoms with van der Waals surface area (Å²) in [5.41, 5.74) is 0.348. The van der Waals surface area contributed by atoms with Gasteiger partial charge in [-0.2, -0.15) is 0 Å². The second-order valence-corrected chi connectivity index (χ2v) is 7.17. The van der Waals surface area contributed by atoms with Gasteiger partial charge in [0.05, 0.1) is 5.41 Å². The maximum absolute atomic E-state index is 11.5. The summed E-state index contributed by atoms with van der Waals surface area (Å²) in [6.45, 7) is 9.33. The number of rotatable bonds is 6. The van der Waals surface area contributed by atoms with Crippen LogP contribution < -0.4 is 5.32 Å². The first-order chi connectivity index (χ1) is 11.0. The molecule has 24 heavy (non-hydrogen) atoms. The molecule has 132 valence electrons. The molecular formula is C19H27NO4. The molecule has 5 nitrogen and oxygen atoms in total. The third-order valence-electron chi connectivity index (χ3n) is 3.46. The fourth-order valence-electron chi connectivity index (χ4n) is 1.93. The summed E-state index contributed by atoms with van der Waals surface area (Å²) in [7, 11) is 0. The zero-order valence-corrected chi connectivity index (χ0v) is 15.1. The molecule has 0 unspecified atom stereocenters. The molecule has 1 aromatic rings. The molecule has 0 atom stereocenters. The number of benzene rings is 1. The van der Waals surface area contributed by atoms with Gasteiger partial charge in [0.2, 0.25) is 0 Å². The number of ether oxygens (including phenoxy) is 1. The van der Waals surface area contributed by atoms with Crippen LogP contribution in [0.25, 0.3) is 6.08 Å². The van der Waals surface area contributed by atoms with Gasteiger partial charge in [0.25, 0.3) is 0 Å². The summed E-state index contributed by atoms with van der Waals surface area (Å²) in [4.78, 5) is 22.7. The molecule has 0 aliphatic rings. The van der Waals surface area contributed by atoms with Crippen LogP contribution in [0.1, 0.15) is 52.2 Å². The van der Waals surface area contributed by atoms with E-state index in [0.29, 0.717) is 13.0 Å². The van der Waals surface area contributed by atoms with Crippen molar-refractivity contribution in [3.63, 3.8) is 0 Å². The fraction of sp³-hybridized carbons (Fsp3) is 0.474. The highest BCUT2D eigenvalue weighted by molar-refractivity contribution is 5.80. The molecule has 0 saturated heterocycles. The van der Waals surface area contributed by atoms with Crippen molar-refractivity contribution in [3.8, 4) is 0 Å². The molecule has 0 aromatic heterocycles. The predicted octanol–water partition coefficient (Wildman–Crippen LogP) is 3.98. The molecular weight excluding hydrogens is 306 g/mol. The van der Waals surface area contributed by atoms with Crippen LogP contribution in [0.5, 0.6) is 0 Å². The minimum atomic E-state index is -0.903. The number of hydrogen-bond donors (Lipinski definition) is 2. The average Bonchev–Trinajstić information content (AvgIpc) is 2.45. The molecule has 0 heterocycles. The maximum atomic E-state index is 11.5. The van der Waals surface area contributed by atoms with Gasteiger partial charge >= 0.3 is 12.1 Å². The zero-order valence-electron chi connectivity index (χ0n) is 15.1. The SMILES string of the molecule is CC(C)(C)OC(=O)NCCC=Cc1ccc(C(C)(C)C(=O)O)cc1. The van der Waals surface area contributed by atoms with Crippen LogP contribution in [0.2, 0.25) is 0 Å². The Kier molecular flexibility index (Phi) is 6.58. The molecule has 1 aromatic carbocycles. The van der Waals surface area contributed by atoms with Crippen LogP contribution in [0.15, 0.2) is 30.3 Å². The Balaban J connectivity index is 2.46. The van der Waals surface area contributed by atoms with E-state index in [-0.39, 0.29) is 0 Å². The number of carboxylic acid groups (broad SMARTS) is 1. The molecule has 2 N–H and O–H groups in total. The first kappa shape index (κ1) is 19.7. The predicted molar refractivity (Wildman–Crippen MR) is 95.0 cm³/mol. The minimum Gasteiger partial charge on any atom is -0.481 e. The summed E-state index contributed by atoms with van der Waals surface area (Å²) < 4.78 is 5.14. The van der Waals surface area contributed by atoms with Crippen molar-refractivity contribution in [2.45, 2.75) is 52.1 Å². The van der Waals surface area contributed by atoms with Crippen molar-refractivity contribution in [2.75, 3.05) is 6.54 Å². The zero-order chi connectivity index (χ0) is 18.4. The van der Waals surface area contributed by atoms with Crippen molar-refractivity contribution < 1.29 is 19.4 Å². The molecule has 1 amide bonds. The van der Waals surface area contributed by atoms with Gasteiger partial charge in [-0.05, 0) is 52.2 Å². The van der Waals surface area contributed by atoms with Crippen molar-refractivity contribution in [3.05, 3.63) is 41.5 Å². The Morgan fingerprint density at radius 2 is 1.71 bits per heavy atom. The Bertz CT molecular complexity index is 595. The molecule has 1 rings (SSSR count). The maximum Gasteiger partial charge on any atom is 0.407 e. The van der Waals surface area contributed by atoms with Gasteiger partial charge in [-0.3, -0.25) is 4.79 Å².